The molecule has 0 saturated carbocycles. The first kappa shape index (κ1) is 17.3. The molecule has 132 valence electrons. The molecule has 3 rings (SSSR count). The molecule has 0 spiro atoms. The standard InChI is InChI=1S/C20H18N2O4/c1-24-19-12-16(13-21-22-20(23)18-8-5-11-25-18)9-10-17(19)26-14-15-6-3-2-4-7-15/h2-13H,14H2,1H3,(H,22,23). The number of hydrogen-bond acceptors (Lipinski definition) is 5. The van der Waals surface area contributed by atoms with E-state index in [2.05, 4.69) is 10.5 Å². The number of nitrogens with one attached hydrogen (secondary N) is 1. The molecule has 0 aliphatic carbocycles. The van der Waals surface area contributed by atoms with Crippen molar-refractivity contribution >= 4 is 12.1 Å². The van der Waals surface area contributed by atoms with Gasteiger partial charge in [0.05, 0.1) is 19.6 Å². The van der Waals surface area contributed by atoms with Gasteiger partial charge in [0, 0.05) is 0 Å². The molecule has 1 heterocycles. The Kier molecular flexibility index (Phi) is 5.67. The predicted octanol–water partition coefficient (Wildman–Crippen LogP) is 3.63. The summed E-state index contributed by atoms with van der Waals surface area (Å²) in [5.41, 5.74) is 4.23. The Morgan fingerprint density at radius 2 is 1.96 bits per heavy atom. The van der Waals surface area contributed by atoms with Gasteiger partial charge in [0.1, 0.15) is 6.61 Å². The molecule has 0 unspecified atom stereocenters. The Morgan fingerprint density at radius 1 is 1.12 bits per heavy atom. The SMILES string of the molecule is COc1cc(C=NNC(=O)c2ccco2)ccc1OCc1ccccc1. The fourth-order valence-corrected chi connectivity index (χ4v) is 2.25. The number of rotatable bonds is 7. The lowest BCUT2D eigenvalue weighted by Gasteiger charge is -2.11. The second-order valence-electron chi connectivity index (χ2n) is 5.36. The minimum Gasteiger partial charge on any atom is -0.493 e. The van der Waals surface area contributed by atoms with Gasteiger partial charge in [-0.05, 0) is 41.5 Å². The highest BCUT2D eigenvalue weighted by atomic mass is 16.5. The van der Waals surface area contributed by atoms with Crippen LogP contribution in [0.15, 0.2) is 76.4 Å². The van der Waals surface area contributed by atoms with E-state index in [0.29, 0.717) is 18.1 Å². The zero-order valence-corrected chi connectivity index (χ0v) is 14.2. The Hall–Kier alpha value is -3.54. The first-order valence-corrected chi connectivity index (χ1v) is 7.98. The van der Waals surface area contributed by atoms with Gasteiger partial charge in [-0.3, -0.25) is 4.79 Å². The molecule has 0 radical (unpaired) electrons. The number of nitrogens with zero attached hydrogens (tertiary/aromatic N) is 1. The number of hydrogen-bond donors (Lipinski definition) is 1. The van der Waals surface area contributed by atoms with E-state index < -0.39 is 5.91 Å². The minimum absolute atomic E-state index is 0.199. The highest BCUT2D eigenvalue weighted by Gasteiger charge is 2.07. The van der Waals surface area contributed by atoms with Gasteiger partial charge in [0.2, 0.25) is 0 Å². The molecule has 6 heteroatoms. The summed E-state index contributed by atoms with van der Waals surface area (Å²) in [5, 5.41) is 3.92. The first-order valence-electron chi connectivity index (χ1n) is 7.98. The Morgan fingerprint density at radius 3 is 2.69 bits per heavy atom. The number of hydrazone groups is 1. The second-order valence-corrected chi connectivity index (χ2v) is 5.36. The van der Waals surface area contributed by atoms with Crippen LogP contribution in [0.4, 0.5) is 0 Å². The van der Waals surface area contributed by atoms with E-state index in [1.165, 1.54) is 12.5 Å². The fourth-order valence-electron chi connectivity index (χ4n) is 2.25. The molecule has 0 saturated heterocycles. The van der Waals surface area contributed by atoms with Gasteiger partial charge >= 0.3 is 5.91 Å². The quantitative estimate of drug-likeness (QED) is 0.522. The maximum Gasteiger partial charge on any atom is 0.307 e. The number of benzene rings is 2. The summed E-state index contributed by atoms with van der Waals surface area (Å²) in [6, 6.07) is 18.5. The molecule has 0 aliphatic rings. The van der Waals surface area contributed by atoms with Crippen LogP contribution in [0.1, 0.15) is 21.7 Å². The maximum atomic E-state index is 11.7. The number of carbonyl (C=O) groups is 1. The van der Waals surface area contributed by atoms with Crippen LogP contribution in [0.3, 0.4) is 0 Å². The molecular weight excluding hydrogens is 332 g/mol. The minimum atomic E-state index is -0.416. The van der Waals surface area contributed by atoms with Crippen LogP contribution >= 0.6 is 0 Å². The topological polar surface area (TPSA) is 73.1 Å². The van der Waals surface area contributed by atoms with Gasteiger partial charge in [-0.25, -0.2) is 5.43 Å². The lowest BCUT2D eigenvalue weighted by molar-refractivity contribution is 0.0927. The van der Waals surface area contributed by atoms with Crippen LogP contribution in [0.5, 0.6) is 11.5 Å². The summed E-state index contributed by atoms with van der Waals surface area (Å²) in [7, 11) is 1.57. The van der Waals surface area contributed by atoms with Crippen molar-refractivity contribution in [2.45, 2.75) is 6.61 Å². The van der Waals surface area contributed by atoms with Gasteiger partial charge < -0.3 is 13.9 Å². The molecule has 1 N–H and O–H groups in total. The molecule has 0 atom stereocenters. The Balaban J connectivity index is 1.62. The predicted molar refractivity (Wildman–Crippen MR) is 97.5 cm³/mol. The van der Waals surface area contributed by atoms with Gasteiger partial charge in [-0.1, -0.05) is 30.3 Å². The van der Waals surface area contributed by atoms with Crippen LogP contribution in [-0.2, 0) is 6.61 Å². The Bertz CT molecular complexity index is 874. The van der Waals surface area contributed by atoms with Crippen molar-refractivity contribution in [1.29, 1.82) is 0 Å². The lowest BCUT2D eigenvalue weighted by atomic mass is 10.2. The van der Waals surface area contributed by atoms with Gasteiger partial charge in [-0.15, -0.1) is 0 Å². The van der Waals surface area contributed by atoms with Crippen molar-refractivity contribution in [2.24, 2.45) is 5.10 Å². The molecule has 26 heavy (non-hydrogen) atoms. The average Bonchev–Trinajstić information content (AvgIpc) is 3.22. The fraction of sp³-hybridized carbons (Fsp3) is 0.100. The summed E-state index contributed by atoms with van der Waals surface area (Å²) in [4.78, 5) is 11.7. The van der Waals surface area contributed by atoms with Crippen molar-refractivity contribution in [1.82, 2.24) is 5.43 Å². The van der Waals surface area contributed by atoms with Crippen LogP contribution in [0.2, 0.25) is 0 Å². The Labute approximate surface area is 151 Å². The van der Waals surface area contributed by atoms with Gasteiger partial charge in [0.15, 0.2) is 17.3 Å². The van der Waals surface area contributed by atoms with Gasteiger partial charge in [-0.2, -0.15) is 5.10 Å². The zero-order valence-electron chi connectivity index (χ0n) is 14.2. The summed E-state index contributed by atoms with van der Waals surface area (Å²) in [6.07, 6.45) is 2.95. The molecule has 1 amide bonds. The maximum absolute atomic E-state index is 11.7. The molecular formula is C20H18N2O4. The van der Waals surface area contributed by atoms with Crippen molar-refractivity contribution in [3.05, 3.63) is 83.8 Å². The highest BCUT2D eigenvalue weighted by Crippen LogP contribution is 2.28. The molecule has 6 nitrogen and oxygen atoms in total. The third-order valence-corrected chi connectivity index (χ3v) is 3.55. The first-order chi connectivity index (χ1) is 12.8. The second kappa shape index (κ2) is 8.53. The lowest BCUT2D eigenvalue weighted by Crippen LogP contribution is -2.16. The van der Waals surface area contributed by atoms with Crippen molar-refractivity contribution < 1.29 is 18.7 Å². The van der Waals surface area contributed by atoms with Crippen molar-refractivity contribution in [3.63, 3.8) is 0 Å². The normalized spacial score (nSPS) is 10.7. The van der Waals surface area contributed by atoms with E-state index in [1.54, 1.807) is 31.4 Å². The van der Waals surface area contributed by atoms with E-state index in [1.807, 2.05) is 36.4 Å². The monoisotopic (exact) mass is 350 g/mol. The van der Waals surface area contributed by atoms with E-state index >= 15 is 0 Å². The van der Waals surface area contributed by atoms with Crippen LogP contribution in [-0.4, -0.2) is 19.2 Å². The molecule has 0 aliphatic heterocycles. The van der Waals surface area contributed by atoms with E-state index in [0.717, 1.165) is 11.1 Å². The number of furan rings is 1. The summed E-state index contributed by atoms with van der Waals surface area (Å²) in [6.45, 7) is 0.448. The number of amides is 1. The van der Waals surface area contributed by atoms with Crippen LogP contribution in [0, 0.1) is 0 Å². The van der Waals surface area contributed by atoms with Crippen molar-refractivity contribution in [3.8, 4) is 11.5 Å². The zero-order chi connectivity index (χ0) is 18.2. The number of carbonyl (C=O) groups excluding carboxylic acids is 1. The van der Waals surface area contributed by atoms with E-state index in [9.17, 15) is 4.79 Å². The van der Waals surface area contributed by atoms with Crippen LogP contribution < -0.4 is 14.9 Å². The summed E-state index contributed by atoms with van der Waals surface area (Å²) in [5.74, 6) is 1.00. The summed E-state index contributed by atoms with van der Waals surface area (Å²) >= 11 is 0. The smallest absolute Gasteiger partial charge is 0.307 e. The third kappa shape index (κ3) is 4.51. The van der Waals surface area contributed by atoms with Gasteiger partial charge in [0.25, 0.3) is 0 Å². The molecule has 0 fully saturated rings. The third-order valence-electron chi connectivity index (χ3n) is 3.55. The highest BCUT2D eigenvalue weighted by molar-refractivity contribution is 5.92. The van der Waals surface area contributed by atoms with Crippen LogP contribution in [0.25, 0.3) is 0 Å². The van der Waals surface area contributed by atoms with Crippen molar-refractivity contribution in [2.75, 3.05) is 7.11 Å². The molecule has 2 aromatic carbocycles. The molecule has 3 aromatic rings. The summed E-state index contributed by atoms with van der Waals surface area (Å²) < 4.78 is 16.2. The molecule has 1 aromatic heterocycles. The van der Waals surface area contributed by atoms with E-state index in [4.69, 9.17) is 13.9 Å². The van der Waals surface area contributed by atoms with E-state index in [-0.39, 0.29) is 5.76 Å². The average molecular weight is 350 g/mol. The number of ether oxygens (including phenoxy) is 2. The number of methoxy groups -OCH3 is 1. The largest absolute Gasteiger partial charge is 0.493 e. The molecule has 0 bridgehead atoms.